The van der Waals surface area contributed by atoms with Crippen LogP contribution in [0, 0.1) is 5.92 Å². The zero-order chi connectivity index (χ0) is 20.9. The van der Waals surface area contributed by atoms with Crippen molar-refractivity contribution in [3.63, 3.8) is 0 Å². The quantitative estimate of drug-likeness (QED) is 0.791. The van der Waals surface area contributed by atoms with Gasteiger partial charge in [-0.3, -0.25) is 10.1 Å². The summed E-state index contributed by atoms with van der Waals surface area (Å²) in [7, 11) is 0. The van der Waals surface area contributed by atoms with Crippen LogP contribution in [0.5, 0.6) is 0 Å². The lowest BCUT2D eigenvalue weighted by molar-refractivity contribution is -0.143. The number of aromatic nitrogens is 1. The lowest BCUT2D eigenvalue weighted by Gasteiger charge is -2.33. The Morgan fingerprint density at radius 3 is 2.54 bits per heavy atom. The number of rotatable bonds is 5. The summed E-state index contributed by atoms with van der Waals surface area (Å²) in [6, 6.07) is 0.215. The summed E-state index contributed by atoms with van der Waals surface area (Å²) in [4.78, 5) is 37.9. The summed E-state index contributed by atoms with van der Waals surface area (Å²) < 4.78 is 9.98. The molecule has 1 saturated heterocycles. The molecule has 156 valence electrons. The van der Waals surface area contributed by atoms with Crippen molar-refractivity contribution in [2.45, 2.75) is 59.1 Å². The Hall–Kier alpha value is -2.78. The van der Waals surface area contributed by atoms with Gasteiger partial charge < -0.3 is 14.6 Å². The molecular weight excluding hydrogens is 366 g/mol. The van der Waals surface area contributed by atoms with Crippen LogP contribution < -0.4 is 10.6 Å². The largest absolute Gasteiger partial charge is 0.444 e. The summed E-state index contributed by atoms with van der Waals surface area (Å²) in [5.74, 6) is -0.233. The standard InChI is InChI=1S/C18H29N5O5/c1-6-12(2)14(20-17(26)28-18(3,4)5)15(24)22-9-7-10-23(22)16(25)19-13-8-11-27-21-13/h8,11-12,14H,6-7,9-10H2,1-5H3,(H,20,26)(H,19,21,25)/t12-,14-/m0/s1. The monoisotopic (exact) mass is 395 g/mol. The molecule has 0 bridgehead atoms. The zero-order valence-corrected chi connectivity index (χ0v) is 17.0. The van der Waals surface area contributed by atoms with E-state index in [1.54, 1.807) is 20.8 Å². The van der Waals surface area contributed by atoms with Gasteiger partial charge in [0.2, 0.25) is 0 Å². The number of amides is 4. The SMILES string of the molecule is CC[C@H](C)[C@H](NC(=O)OC(C)(C)C)C(=O)N1CCCN1C(=O)Nc1ccon1. The van der Waals surface area contributed by atoms with Crippen molar-refractivity contribution in [3.8, 4) is 0 Å². The summed E-state index contributed by atoms with van der Waals surface area (Å²) in [5.41, 5.74) is -0.676. The lowest BCUT2D eigenvalue weighted by atomic mass is 9.98. The van der Waals surface area contributed by atoms with Crippen molar-refractivity contribution < 1.29 is 23.6 Å². The van der Waals surface area contributed by atoms with Gasteiger partial charge in [-0.2, -0.15) is 0 Å². The molecule has 0 radical (unpaired) electrons. The Morgan fingerprint density at radius 1 is 1.29 bits per heavy atom. The molecular formula is C18H29N5O5. The number of anilines is 1. The zero-order valence-electron chi connectivity index (χ0n) is 17.0. The van der Waals surface area contributed by atoms with Crippen LogP contribution in [0.4, 0.5) is 15.4 Å². The number of nitrogens with zero attached hydrogens (tertiary/aromatic N) is 3. The van der Waals surface area contributed by atoms with E-state index in [1.165, 1.54) is 22.3 Å². The van der Waals surface area contributed by atoms with Gasteiger partial charge in [-0.15, -0.1) is 0 Å². The van der Waals surface area contributed by atoms with Crippen LogP contribution in [0.2, 0.25) is 0 Å². The number of hydrogen-bond donors (Lipinski definition) is 2. The van der Waals surface area contributed by atoms with E-state index in [-0.39, 0.29) is 17.6 Å². The Morgan fingerprint density at radius 2 is 1.96 bits per heavy atom. The fraction of sp³-hybridized carbons (Fsp3) is 0.667. The van der Waals surface area contributed by atoms with Crippen molar-refractivity contribution in [1.29, 1.82) is 0 Å². The van der Waals surface area contributed by atoms with Crippen LogP contribution in [0.1, 0.15) is 47.5 Å². The van der Waals surface area contributed by atoms with Crippen molar-refractivity contribution in [1.82, 2.24) is 20.5 Å². The van der Waals surface area contributed by atoms with Gasteiger partial charge in [0.25, 0.3) is 5.91 Å². The number of urea groups is 1. The first-order valence-electron chi connectivity index (χ1n) is 9.42. The molecule has 1 aromatic heterocycles. The predicted octanol–water partition coefficient (Wildman–Crippen LogP) is 2.60. The van der Waals surface area contributed by atoms with Crippen molar-refractivity contribution >= 4 is 23.8 Å². The minimum absolute atomic E-state index is 0.138. The molecule has 0 unspecified atom stereocenters. The number of ether oxygens (including phenoxy) is 1. The molecule has 2 atom stereocenters. The summed E-state index contributed by atoms with van der Waals surface area (Å²) >= 11 is 0. The van der Waals surface area contributed by atoms with Crippen LogP contribution in [-0.4, -0.2) is 57.9 Å². The third-order valence-corrected chi connectivity index (χ3v) is 4.34. The fourth-order valence-electron chi connectivity index (χ4n) is 2.78. The van der Waals surface area contributed by atoms with Crippen LogP contribution in [-0.2, 0) is 9.53 Å². The predicted molar refractivity (Wildman–Crippen MR) is 101 cm³/mol. The van der Waals surface area contributed by atoms with Gasteiger partial charge in [-0.25, -0.2) is 19.6 Å². The van der Waals surface area contributed by atoms with Crippen LogP contribution >= 0.6 is 0 Å². The molecule has 4 amide bonds. The van der Waals surface area contributed by atoms with Gasteiger partial charge in [0.1, 0.15) is 17.9 Å². The van der Waals surface area contributed by atoms with Gasteiger partial charge in [-0.1, -0.05) is 25.4 Å². The van der Waals surface area contributed by atoms with Gasteiger partial charge in [0.05, 0.1) is 0 Å². The molecule has 1 aliphatic rings. The molecule has 1 aromatic rings. The first-order chi connectivity index (χ1) is 13.1. The van der Waals surface area contributed by atoms with Crippen molar-refractivity contribution in [2.75, 3.05) is 18.4 Å². The number of hydrazine groups is 1. The Bertz CT molecular complexity index is 685. The minimum atomic E-state index is -0.805. The molecule has 0 aliphatic carbocycles. The van der Waals surface area contributed by atoms with E-state index in [4.69, 9.17) is 9.26 Å². The summed E-state index contributed by atoms with van der Waals surface area (Å²) in [6.45, 7) is 9.83. The van der Waals surface area contributed by atoms with E-state index >= 15 is 0 Å². The highest BCUT2D eigenvalue weighted by atomic mass is 16.6. The van der Waals surface area contributed by atoms with Crippen LogP contribution in [0.25, 0.3) is 0 Å². The third-order valence-electron chi connectivity index (χ3n) is 4.34. The fourth-order valence-corrected chi connectivity index (χ4v) is 2.78. The highest BCUT2D eigenvalue weighted by Crippen LogP contribution is 2.19. The van der Waals surface area contributed by atoms with E-state index in [0.29, 0.717) is 25.9 Å². The molecule has 10 heteroatoms. The van der Waals surface area contributed by atoms with E-state index in [0.717, 1.165) is 0 Å². The normalized spacial score (nSPS) is 16.5. The smallest absolute Gasteiger partial charge is 0.408 e. The maximum atomic E-state index is 13.2. The number of carbonyl (C=O) groups is 3. The van der Waals surface area contributed by atoms with E-state index in [9.17, 15) is 14.4 Å². The third kappa shape index (κ3) is 5.61. The van der Waals surface area contributed by atoms with Gasteiger partial charge in [0, 0.05) is 19.2 Å². The summed E-state index contributed by atoms with van der Waals surface area (Å²) in [6.07, 6.45) is 1.98. The molecule has 0 saturated carbocycles. The molecule has 2 rings (SSSR count). The van der Waals surface area contributed by atoms with Gasteiger partial charge >= 0.3 is 12.1 Å². The second-order valence-electron chi connectivity index (χ2n) is 7.76. The molecule has 1 fully saturated rings. The summed E-state index contributed by atoms with van der Waals surface area (Å²) in [5, 5.41) is 11.6. The maximum Gasteiger partial charge on any atom is 0.408 e. The molecule has 28 heavy (non-hydrogen) atoms. The molecule has 10 nitrogen and oxygen atoms in total. The Labute approximate surface area is 164 Å². The maximum absolute atomic E-state index is 13.2. The Balaban J connectivity index is 2.10. The number of carbonyl (C=O) groups excluding carboxylic acids is 3. The first kappa shape index (κ1) is 21.5. The average molecular weight is 395 g/mol. The highest BCUT2D eigenvalue weighted by Gasteiger charge is 2.38. The highest BCUT2D eigenvalue weighted by molar-refractivity contribution is 5.92. The van der Waals surface area contributed by atoms with E-state index < -0.39 is 23.8 Å². The number of nitrogens with one attached hydrogen (secondary N) is 2. The number of alkyl carbamates (subject to hydrolysis) is 1. The van der Waals surface area contributed by atoms with E-state index in [1.807, 2.05) is 13.8 Å². The Kier molecular flexibility index (Phi) is 6.87. The van der Waals surface area contributed by atoms with Crippen molar-refractivity contribution in [3.05, 3.63) is 12.3 Å². The van der Waals surface area contributed by atoms with Gasteiger partial charge in [-0.05, 0) is 33.1 Å². The lowest BCUT2D eigenvalue weighted by Crippen LogP contribution is -2.56. The van der Waals surface area contributed by atoms with Crippen molar-refractivity contribution in [2.24, 2.45) is 5.92 Å². The molecule has 0 spiro atoms. The minimum Gasteiger partial charge on any atom is -0.444 e. The van der Waals surface area contributed by atoms with Crippen LogP contribution in [0.3, 0.4) is 0 Å². The number of hydrogen-bond acceptors (Lipinski definition) is 6. The van der Waals surface area contributed by atoms with Gasteiger partial charge in [0.15, 0.2) is 5.82 Å². The molecule has 2 N–H and O–H groups in total. The molecule has 2 heterocycles. The second kappa shape index (κ2) is 8.94. The second-order valence-corrected chi connectivity index (χ2v) is 7.76. The topological polar surface area (TPSA) is 117 Å². The molecule has 1 aliphatic heterocycles. The first-order valence-corrected chi connectivity index (χ1v) is 9.42. The molecule has 0 aromatic carbocycles. The van der Waals surface area contributed by atoms with Crippen LogP contribution in [0.15, 0.2) is 16.9 Å². The average Bonchev–Trinajstić information content (AvgIpc) is 3.28. The van der Waals surface area contributed by atoms with E-state index in [2.05, 4.69) is 15.8 Å².